The number of carbonyl (C=O) groups is 1. The van der Waals surface area contributed by atoms with Gasteiger partial charge in [-0.25, -0.2) is 9.11 Å². The summed E-state index contributed by atoms with van der Waals surface area (Å²) in [6, 6.07) is 4.14. The van der Waals surface area contributed by atoms with Crippen LogP contribution in [0.1, 0.15) is 28.9 Å². The molecule has 1 heterocycles. The molecule has 11 heteroatoms. The van der Waals surface area contributed by atoms with E-state index in [-0.39, 0.29) is 23.6 Å². The molecule has 2 aromatic rings. The average Bonchev–Trinajstić information content (AvgIpc) is 3.33. The highest BCUT2D eigenvalue weighted by molar-refractivity contribution is 7.98. The van der Waals surface area contributed by atoms with Crippen molar-refractivity contribution in [1.82, 2.24) is 9.29 Å². The second kappa shape index (κ2) is 7.49. The number of alkyl halides is 3. The van der Waals surface area contributed by atoms with E-state index in [4.69, 9.17) is 11.6 Å². The Morgan fingerprint density at radius 1 is 1.32 bits per heavy atom. The number of aromatic nitrogens is 1. The fourth-order valence-corrected chi connectivity index (χ4v) is 3.79. The van der Waals surface area contributed by atoms with E-state index in [1.807, 2.05) is 0 Å². The highest BCUT2D eigenvalue weighted by Gasteiger charge is 2.63. The maximum absolute atomic E-state index is 13.3. The summed E-state index contributed by atoms with van der Waals surface area (Å²) in [6.45, 7) is 1.57. The summed E-state index contributed by atoms with van der Waals surface area (Å²) in [4.78, 5) is 12.5. The Hall–Kier alpha value is -1.91. The molecule has 5 nitrogen and oxygen atoms in total. The van der Waals surface area contributed by atoms with Crippen LogP contribution in [0, 0.1) is 12.7 Å². The third-order valence-electron chi connectivity index (χ3n) is 4.45. The van der Waals surface area contributed by atoms with Crippen molar-refractivity contribution < 1.29 is 22.4 Å². The van der Waals surface area contributed by atoms with Gasteiger partial charge in [-0.1, -0.05) is 11.6 Å². The zero-order chi connectivity index (χ0) is 20.7. The number of aryl methyl sites for hydroxylation is 2. The van der Waals surface area contributed by atoms with Gasteiger partial charge in [0.15, 0.2) is 0 Å². The van der Waals surface area contributed by atoms with Gasteiger partial charge in [-0.3, -0.25) is 4.79 Å². The van der Waals surface area contributed by atoms with Crippen LogP contribution in [-0.2, 0) is 7.05 Å². The summed E-state index contributed by atoms with van der Waals surface area (Å²) in [5.41, 5.74) is -0.706. The van der Waals surface area contributed by atoms with Crippen molar-refractivity contribution in [2.45, 2.75) is 31.5 Å². The van der Waals surface area contributed by atoms with Crippen molar-refractivity contribution in [1.29, 1.82) is 0 Å². The number of halogens is 5. The highest BCUT2D eigenvalue weighted by Crippen LogP contribution is 2.50. The number of amides is 1. The van der Waals surface area contributed by atoms with E-state index in [1.165, 1.54) is 29.0 Å². The summed E-state index contributed by atoms with van der Waals surface area (Å²) < 4.78 is 58.6. The molecule has 1 aliphatic rings. The average molecular weight is 437 g/mol. The second-order valence-electron chi connectivity index (χ2n) is 6.62. The van der Waals surface area contributed by atoms with Crippen molar-refractivity contribution in [3.05, 3.63) is 46.5 Å². The zero-order valence-corrected chi connectivity index (χ0v) is 16.4. The van der Waals surface area contributed by atoms with E-state index in [1.54, 1.807) is 14.0 Å². The molecule has 0 atom stereocenters. The Morgan fingerprint density at radius 2 is 2.00 bits per heavy atom. The Balaban J connectivity index is 1.67. The fourth-order valence-electron chi connectivity index (χ4n) is 2.59. The van der Waals surface area contributed by atoms with Crippen LogP contribution >= 0.6 is 23.7 Å². The predicted octanol–water partition coefficient (Wildman–Crippen LogP) is 5.04. The van der Waals surface area contributed by atoms with Gasteiger partial charge in [-0.15, -0.1) is 0 Å². The smallest absolute Gasteiger partial charge is 0.343 e. The Morgan fingerprint density at radius 3 is 2.57 bits per heavy atom. The number of benzene rings is 1. The molecule has 0 bridgehead atoms. The first-order valence-electron chi connectivity index (χ1n) is 8.22. The van der Waals surface area contributed by atoms with E-state index >= 15 is 0 Å². The molecule has 0 unspecified atom stereocenters. The number of nitrogens with zero attached hydrogens (tertiary/aromatic N) is 1. The van der Waals surface area contributed by atoms with E-state index in [9.17, 15) is 22.4 Å². The highest BCUT2D eigenvalue weighted by atomic mass is 35.5. The number of rotatable bonds is 6. The second-order valence-corrected chi connectivity index (χ2v) is 7.61. The number of hydrogen-bond donors (Lipinski definition) is 3. The number of hydrogen-bond acceptors (Lipinski definition) is 4. The lowest BCUT2D eigenvalue weighted by Gasteiger charge is -2.19. The molecule has 28 heavy (non-hydrogen) atoms. The van der Waals surface area contributed by atoms with Crippen LogP contribution in [0.25, 0.3) is 0 Å². The van der Waals surface area contributed by atoms with Crippen LogP contribution in [-0.4, -0.2) is 22.2 Å². The molecule has 1 aliphatic carbocycles. The molecular weight excluding hydrogens is 420 g/mol. The van der Waals surface area contributed by atoms with Gasteiger partial charge in [-0.05, 0) is 43.5 Å². The van der Waals surface area contributed by atoms with Gasteiger partial charge in [0.1, 0.15) is 17.1 Å². The summed E-state index contributed by atoms with van der Waals surface area (Å²) in [7, 11) is 1.58. The minimum absolute atomic E-state index is 0.0123. The summed E-state index contributed by atoms with van der Waals surface area (Å²) in [5.74, 6) is -0.920. The van der Waals surface area contributed by atoms with Crippen LogP contribution in [0.2, 0.25) is 5.02 Å². The predicted molar refractivity (Wildman–Crippen MR) is 102 cm³/mol. The minimum Gasteiger partial charge on any atom is -0.343 e. The standard InChI is InChI=1S/C17H17ClF4N4OS/c1-9-7-10(3-4-11(9)19)23-15(27)14-13(18)12(8-26(14)2)24-28-25-16(5-6-16)17(20,21)22/h3-4,7-8,24-25H,5-6H2,1-2H3,(H,23,27). The lowest BCUT2D eigenvalue weighted by Crippen LogP contribution is -2.41. The van der Waals surface area contributed by atoms with Crippen molar-refractivity contribution in [2.75, 3.05) is 10.0 Å². The summed E-state index contributed by atoms with van der Waals surface area (Å²) in [5, 5.41) is 2.68. The molecule has 1 aromatic carbocycles. The van der Waals surface area contributed by atoms with Gasteiger partial charge in [0.05, 0.1) is 10.7 Å². The molecule has 3 N–H and O–H groups in total. The third-order valence-corrected chi connectivity index (χ3v) is 5.65. The van der Waals surface area contributed by atoms with Gasteiger partial charge in [0.2, 0.25) is 0 Å². The molecule has 0 aliphatic heterocycles. The van der Waals surface area contributed by atoms with Gasteiger partial charge in [-0.2, -0.15) is 13.2 Å². The molecule has 0 spiro atoms. The number of carbonyl (C=O) groups excluding carboxylic acids is 1. The summed E-state index contributed by atoms with van der Waals surface area (Å²) >= 11 is 6.90. The van der Waals surface area contributed by atoms with E-state index in [2.05, 4.69) is 14.8 Å². The molecular formula is C17H17ClF4N4OS. The van der Waals surface area contributed by atoms with Crippen molar-refractivity contribution >= 4 is 41.0 Å². The van der Waals surface area contributed by atoms with Gasteiger partial charge in [0.25, 0.3) is 5.91 Å². The van der Waals surface area contributed by atoms with Crippen LogP contribution in [0.5, 0.6) is 0 Å². The Labute approximate surface area is 168 Å². The van der Waals surface area contributed by atoms with Gasteiger partial charge >= 0.3 is 6.18 Å². The van der Waals surface area contributed by atoms with Crippen LogP contribution in [0.4, 0.5) is 28.9 Å². The first kappa shape index (κ1) is 20.8. The first-order chi connectivity index (χ1) is 13.0. The summed E-state index contributed by atoms with van der Waals surface area (Å²) in [6.07, 6.45) is -2.81. The maximum atomic E-state index is 13.3. The number of nitrogens with one attached hydrogen (secondary N) is 3. The third kappa shape index (κ3) is 4.08. The quantitative estimate of drug-likeness (QED) is 0.438. The van der Waals surface area contributed by atoms with E-state index in [0.717, 1.165) is 0 Å². The van der Waals surface area contributed by atoms with Crippen molar-refractivity contribution in [3.8, 4) is 0 Å². The molecule has 1 saturated carbocycles. The monoisotopic (exact) mass is 436 g/mol. The maximum Gasteiger partial charge on any atom is 0.407 e. The molecule has 3 rings (SSSR count). The van der Waals surface area contributed by atoms with Crippen molar-refractivity contribution in [2.24, 2.45) is 7.05 Å². The molecule has 1 aromatic heterocycles. The normalized spacial score (nSPS) is 15.4. The molecule has 152 valence electrons. The Bertz CT molecular complexity index is 911. The zero-order valence-electron chi connectivity index (χ0n) is 14.9. The number of anilines is 2. The largest absolute Gasteiger partial charge is 0.407 e. The minimum atomic E-state index is -4.33. The molecule has 1 fully saturated rings. The SMILES string of the molecule is Cc1cc(NC(=O)c2c(Cl)c(NSNC3(C(F)(F)F)CC3)cn2C)ccc1F. The fraction of sp³-hybridized carbons (Fsp3) is 0.353. The van der Waals surface area contributed by atoms with Crippen molar-refractivity contribution in [3.63, 3.8) is 0 Å². The van der Waals surface area contributed by atoms with Gasteiger partial charge < -0.3 is 14.6 Å². The van der Waals surface area contributed by atoms with E-state index < -0.39 is 23.4 Å². The molecule has 1 amide bonds. The van der Waals surface area contributed by atoms with E-state index in [0.29, 0.717) is 29.1 Å². The topological polar surface area (TPSA) is 58.1 Å². The Kier molecular flexibility index (Phi) is 5.57. The van der Waals surface area contributed by atoms with Crippen LogP contribution in [0.15, 0.2) is 24.4 Å². The molecule has 0 saturated heterocycles. The lowest BCUT2D eigenvalue weighted by molar-refractivity contribution is -0.160. The molecule has 0 radical (unpaired) electrons. The lowest BCUT2D eigenvalue weighted by atomic mass is 10.2. The van der Waals surface area contributed by atoms with Crippen LogP contribution < -0.4 is 14.8 Å². The van der Waals surface area contributed by atoms with Crippen LogP contribution in [0.3, 0.4) is 0 Å². The first-order valence-corrected chi connectivity index (χ1v) is 9.41. The van der Waals surface area contributed by atoms with Gasteiger partial charge in [0, 0.05) is 31.1 Å².